The molecule has 0 aromatic heterocycles. The number of aromatic carboxylic acids is 1. The molecular weight excluding hydrogens is 353 g/mol. The van der Waals surface area contributed by atoms with Crippen LogP contribution in [0.2, 0.25) is 0 Å². The van der Waals surface area contributed by atoms with Gasteiger partial charge in [-0.2, -0.15) is 0 Å². The number of aliphatic hydroxyl groups excluding tert-OH is 1. The number of nitrogens with zero attached hydrogens (tertiary/aromatic N) is 1. The molecule has 1 unspecified atom stereocenters. The molecule has 6 nitrogen and oxygen atoms in total. The van der Waals surface area contributed by atoms with E-state index in [2.05, 4.69) is 0 Å². The lowest BCUT2D eigenvalue weighted by Gasteiger charge is -2.29. The van der Waals surface area contributed by atoms with E-state index in [4.69, 9.17) is 5.11 Å². The van der Waals surface area contributed by atoms with Gasteiger partial charge in [-0.3, -0.25) is 4.57 Å². The summed E-state index contributed by atoms with van der Waals surface area (Å²) in [5, 5.41) is 19.5. The van der Waals surface area contributed by atoms with Crippen LogP contribution >= 0.6 is 8.18 Å². The van der Waals surface area contributed by atoms with E-state index < -0.39 is 26.3 Å². The third kappa shape index (κ3) is 6.20. The Morgan fingerprint density at radius 1 is 1.31 bits per heavy atom. The number of carbonyl (C=O) groups is 1. The largest absolute Gasteiger partial charge is 0.478 e. The Morgan fingerprint density at radius 3 is 2.62 bits per heavy atom. The van der Waals surface area contributed by atoms with Crippen LogP contribution in [0.15, 0.2) is 24.3 Å². The van der Waals surface area contributed by atoms with Gasteiger partial charge in [0.25, 0.3) is 8.18 Å². The fourth-order valence-corrected chi connectivity index (χ4v) is 4.58. The zero-order valence-corrected chi connectivity index (χ0v) is 16.3. The normalized spacial score (nSPS) is 19.2. The minimum Gasteiger partial charge on any atom is -0.478 e. The minimum atomic E-state index is -3.01. The number of hydrogen-bond donors (Lipinski definition) is 3. The van der Waals surface area contributed by atoms with Crippen LogP contribution in [-0.2, 0) is 4.57 Å². The van der Waals surface area contributed by atoms with Crippen LogP contribution in [0.5, 0.6) is 0 Å². The highest BCUT2D eigenvalue weighted by molar-refractivity contribution is 7.35. The lowest BCUT2D eigenvalue weighted by atomic mass is 9.85. The molecule has 0 aliphatic heterocycles. The van der Waals surface area contributed by atoms with Gasteiger partial charge in [0.1, 0.15) is 0 Å². The van der Waals surface area contributed by atoms with E-state index in [1.165, 1.54) is 48.9 Å². The topological polar surface area (TPSA) is 98.1 Å². The van der Waals surface area contributed by atoms with Gasteiger partial charge in [-0.15, -0.1) is 0 Å². The van der Waals surface area contributed by atoms with Crippen molar-refractivity contribution in [2.45, 2.75) is 64.0 Å². The molecule has 0 amide bonds. The van der Waals surface area contributed by atoms with Gasteiger partial charge >= 0.3 is 5.97 Å². The quantitative estimate of drug-likeness (QED) is 0.560. The van der Waals surface area contributed by atoms with Crippen molar-refractivity contribution < 1.29 is 24.5 Å². The Kier molecular flexibility index (Phi) is 8.29. The molecule has 1 aromatic carbocycles. The summed E-state index contributed by atoms with van der Waals surface area (Å²) in [6, 6.07) is 5.92. The molecule has 1 saturated carbocycles. The predicted octanol–water partition coefficient (Wildman–Crippen LogP) is 3.85. The maximum absolute atomic E-state index is 11.9. The fraction of sp³-hybridized carbons (Fsp3) is 0.632. The monoisotopic (exact) mass is 383 g/mol. The van der Waals surface area contributed by atoms with Crippen molar-refractivity contribution in [2.24, 2.45) is 5.92 Å². The summed E-state index contributed by atoms with van der Waals surface area (Å²) in [6.45, 7) is 1.87. The summed E-state index contributed by atoms with van der Waals surface area (Å²) in [7, 11) is -3.01. The zero-order chi connectivity index (χ0) is 19.1. The van der Waals surface area contributed by atoms with Gasteiger partial charge in [0, 0.05) is 12.6 Å². The molecule has 7 heteroatoms. The summed E-state index contributed by atoms with van der Waals surface area (Å²) in [4.78, 5) is 20.9. The van der Waals surface area contributed by atoms with Gasteiger partial charge in [0.15, 0.2) is 0 Å². The molecular formula is C19H30NO5P. The van der Waals surface area contributed by atoms with E-state index >= 15 is 0 Å². The lowest BCUT2D eigenvalue weighted by Crippen LogP contribution is -2.30. The third-order valence-electron chi connectivity index (χ3n) is 5.37. The van der Waals surface area contributed by atoms with Gasteiger partial charge in [0.05, 0.1) is 11.7 Å². The van der Waals surface area contributed by atoms with E-state index in [1.54, 1.807) is 19.1 Å². The Bertz CT molecular complexity index is 618. The Labute approximate surface area is 155 Å². The van der Waals surface area contributed by atoms with Crippen molar-refractivity contribution in [3.05, 3.63) is 35.4 Å². The smallest absolute Gasteiger partial charge is 0.335 e. The van der Waals surface area contributed by atoms with Crippen molar-refractivity contribution >= 4 is 14.1 Å². The van der Waals surface area contributed by atoms with E-state index in [-0.39, 0.29) is 12.1 Å². The summed E-state index contributed by atoms with van der Waals surface area (Å²) < 4.78 is 13.2. The third-order valence-corrected chi connectivity index (χ3v) is 6.43. The molecule has 3 N–H and O–H groups in total. The fourth-order valence-electron chi connectivity index (χ4n) is 3.74. The first-order valence-electron chi connectivity index (χ1n) is 9.39. The highest BCUT2D eigenvalue weighted by Crippen LogP contribution is 2.35. The first-order chi connectivity index (χ1) is 12.4. The second-order valence-electron chi connectivity index (χ2n) is 7.28. The van der Waals surface area contributed by atoms with Crippen LogP contribution < -0.4 is 0 Å². The van der Waals surface area contributed by atoms with Gasteiger partial charge in [-0.05, 0) is 43.4 Å². The van der Waals surface area contributed by atoms with Crippen LogP contribution in [0.4, 0.5) is 0 Å². The maximum Gasteiger partial charge on any atom is 0.335 e. The summed E-state index contributed by atoms with van der Waals surface area (Å²) >= 11 is 0. The summed E-state index contributed by atoms with van der Waals surface area (Å²) in [5.41, 5.74) is 0.793. The number of rotatable bonds is 9. The van der Waals surface area contributed by atoms with Crippen LogP contribution in [0.3, 0.4) is 0 Å². The average Bonchev–Trinajstić information content (AvgIpc) is 2.64. The van der Waals surface area contributed by atoms with E-state index in [0.717, 1.165) is 6.42 Å². The van der Waals surface area contributed by atoms with Crippen molar-refractivity contribution in [3.63, 3.8) is 0 Å². The van der Waals surface area contributed by atoms with Gasteiger partial charge in [0.2, 0.25) is 0 Å². The first-order valence-corrected chi connectivity index (χ1v) is 10.7. The number of hydrogen-bond acceptors (Lipinski definition) is 3. The van der Waals surface area contributed by atoms with Crippen molar-refractivity contribution in [3.8, 4) is 0 Å². The molecule has 0 bridgehead atoms. The highest BCUT2D eigenvalue weighted by Gasteiger charge is 2.24. The minimum absolute atomic E-state index is 0.111. The highest BCUT2D eigenvalue weighted by atomic mass is 31.1. The van der Waals surface area contributed by atoms with Crippen LogP contribution in [-0.4, -0.2) is 38.4 Å². The SMILES string of the molecule is C[C@H](c1cccc(C(=O)O)c1)N(C[C@@H](O)CCC1CCCCC1)[PH](=O)O. The second-order valence-corrected chi connectivity index (χ2v) is 8.42. The lowest BCUT2D eigenvalue weighted by molar-refractivity contribution is 0.0696. The molecule has 1 aliphatic rings. The Hall–Kier alpha value is -1.20. The van der Waals surface area contributed by atoms with Crippen molar-refractivity contribution in [2.75, 3.05) is 6.54 Å². The zero-order valence-electron chi connectivity index (χ0n) is 15.3. The molecule has 26 heavy (non-hydrogen) atoms. The molecule has 1 aromatic rings. The van der Waals surface area contributed by atoms with E-state index in [1.807, 2.05) is 0 Å². The second kappa shape index (κ2) is 10.2. The molecule has 3 atom stereocenters. The molecule has 0 spiro atoms. The molecule has 146 valence electrons. The average molecular weight is 383 g/mol. The Balaban J connectivity index is 1.97. The predicted molar refractivity (Wildman–Crippen MR) is 102 cm³/mol. The number of benzene rings is 1. The van der Waals surface area contributed by atoms with E-state index in [9.17, 15) is 19.4 Å². The van der Waals surface area contributed by atoms with Crippen molar-refractivity contribution in [1.29, 1.82) is 0 Å². The maximum atomic E-state index is 11.9. The van der Waals surface area contributed by atoms with Crippen molar-refractivity contribution in [1.82, 2.24) is 4.67 Å². The number of carboxylic acids is 1. The van der Waals surface area contributed by atoms with E-state index in [0.29, 0.717) is 17.9 Å². The standard InChI is InChI=1S/C19H30NO5P/c1-14(16-8-5-9-17(12-16)19(22)23)20(26(24)25)13-18(21)11-10-15-6-3-2-4-7-15/h5,8-9,12,14-15,18,21,26H,2-4,6-7,10-11,13H2,1H3,(H,22,23)(H,24,25)/t14-,18+/m1/s1. The number of aliphatic hydroxyl groups is 1. The molecule has 0 saturated heterocycles. The first kappa shape index (κ1) is 21.1. The van der Waals surface area contributed by atoms with Crippen LogP contribution in [0, 0.1) is 5.92 Å². The summed E-state index contributed by atoms with van der Waals surface area (Å²) in [5.74, 6) is -0.377. The number of carboxylic acid groups (broad SMARTS) is 1. The molecule has 1 aliphatic carbocycles. The van der Waals surface area contributed by atoms with Crippen LogP contribution in [0.1, 0.15) is 73.8 Å². The van der Waals surface area contributed by atoms with Gasteiger partial charge < -0.3 is 15.1 Å². The van der Waals surface area contributed by atoms with Gasteiger partial charge in [-0.1, -0.05) is 44.2 Å². The molecule has 2 rings (SSSR count). The van der Waals surface area contributed by atoms with Gasteiger partial charge in [-0.25, -0.2) is 9.46 Å². The molecule has 1 fully saturated rings. The molecule has 0 heterocycles. The summed E-state index contributed by atoms with van der Waals surface area (Å²) in [6.07, 6.45) is 7.15. The van der Waals surface area contributed by atoms with Crippen LogP contribution in [0.25, 0.3) is 0 Å². The Morgan fingerprint density at radius 2 is 2.00 bits per heavy atom. The molecule has 0 radical (unpaired) electrons.